The minimum absolute atomic E-state index is 0.0562. The Balaban J connectivity index is 1.57. The molecule has 2 aliphatic rings. The van der Waals surface area contributed by atoms with E-state index in [9.17, 15) is 13.6 Å². The number of aromatic nitrogens is 2. The Morgan fingerprint density at radius 2 is 1.94 bits per heavy atom. The third kappa shape index (κ3) is 4.05. The first-order chi connectivity index (χ1) is 16.7. The average molecular weight is 479 g/mol. The molecular formula is C25H23F2N5O3. The topological polar surface area (TPSA) is 103 Å². The molecule has 0 saturated carbocycles. The van der Waals surface area contributed by atoms with Gasteiger partial charge in [0, 0.05) is 43.4 Å². The minimum atomic E-state index is -2.92. The number of hydrogen-bond acceptors (Lipinski definition) is 7. The first kappa shape index (κ1) is 22.7. The molecule has 1 spiro atoms. The molecule has 3 aromatic rings. The van der Waals surface area contributed by atoms with Gasteiger partial charge in [0.05, 0.1) is 0 Å². The van der Waals surface area contributed by atoms with E-state index in [2.05, 4.69) is 19.7 Å². The maximum Gasteiger partial charge on any atom is 0.387 e. The van der Waals surface area contributed by atoms with Crippen LogP contribution in [-0.4, -0.2) is 46.0 Å². The van der Waals surface area contributed by atoms with Crippen LogP contribution in [0.5, 0.6) is 11.5 Å². The third-order valence-corrected chi connectivity index (χ3v) is 6.31. The van der Waals surface area contributed by atoms with Gasteiger partial charge in [0.1, 0.15) is 23.4 Å². The number of hydrogen-bond donors (Lipinski definition) is 1. The SMILES string of the molecule is CN1C(=O)C2(CC(C)(Cc3cccc(OC(F)F)c3)Oc3ccc(-c4cncnc4)cc32)N=C1N. The van der Waals surface area contributed by atoms with Gasteiger partial charge in [0.25, 0.3) is 5.91 Å². The molecule has 2 N–H and O–H groups in total. The van der Waals surface area contributed by atoms with Crippen molar-refractivity contribution in [3.63, 3.8) is 0 Å². The molecular weight excluding hydrogens is 456 g/mol. The maximum absolute atomic E-state index is 13.6. The van der Waals surface area contributed by atoms with Crippen molar-refractivity contribution >= 4 is 11.9 Å². The maximum atomic E-state index is 13.6. The van der Waals surface area contributed by atoms with Gasteiger partial charge in [-0.3, -0.25) is 9.69 Å². The van der Waals surface area contributed by atoms with E-state index in [0.29, 0.717) is 17.7 Å². The Morgan fingerprint density at radius 1 is 1.17 bits per heavy atom. The van der Waals surface area contributed by atoms with E-state index in [0.717, 1.165) is 16.7 Å². The smallest absolute Gasteiger partial charge is 0.387 e. The van der Waals surface area contributed by atoms with E-state index in [1.165, 1.54) is 17.3 Å². The zero-order valence-electron chi connectivity index (χ0n) is 19.1. The van der Waals surface area contributed by atoms with Crippen molar-refractivity contribution in [2.24, 2.45) is 10.7 Å². The van der Waals surface area contributed by atoms with Crippen molar-refractivity contribution in [1.29, 1.82) is 0 Å². The van der Waals surface area contributed by atoms with Crippen LogP contribution in [0.2, 0.25) is 0 Å². The summed E-state index contributed by atoms with van der Waals surface area (Å²) < 4.78 is 36.4. The molecule has 10 heteroatoms. The van der Waals surface area contributed by atoms with Crippen molar-refractivity contribution in [1.82, 2.24) is 14.9 Å². The summed E-state index contributed by atoms with van der Waals surface area (Å²) in [7, 11) is 1.59. The van der Waals surface area contributed by atoms with Crippen LogP contribution in [-0.2, 0) is 16.8 Å². The highest BCUT2D eigenvalue weighted by molar-refractivity contribution is 6.07. The van der Waals surface area contributed by atoms with E-state index < -0.39 is 17.8 Å². The van der Waals surface area contributed by atoms with Crippen LogP contribution < -0.4 is 15.2 Å². The number of halogens is 2. The Kier molecular flexibility index (Phi) is 5.38. The van der Waals surface area contributed by atoms with Crippen molar-refractivity contribution in [2.75, 3.05) is 7.05 Å². The lowest BCUT2D eigenvalue weighted by Crippen LogP contribution is -2.51. The summed E-state index contributed by atoms with van der Waals surface area (Å²) in [6, 6.07) is 12.0. The molecule has 2 unspecified atom stereocenters. The van der Waals surface area contributed by atoms with E-state index in [1.54, 1.807) is 43.7 Å². The minimum Gasteiger partial charge on any atom is -0.487 e. The number of aliphatic imine (C=N–C) groups is 1. The van der Waals surface area contributed by atoms with Crippen LogP contribution in [0.4, 0.5) is 8.78 Å². The summed E-state index contributed by atoms with van der Waals surface area (Å²) in [6.07, 6.45) is 5.34. The monoisotopic (exact) mass is 479 g/mol. The highest BCUT2D eigenvalue weighted by Gasteiger charge is 2.56. The third-order valence-electron chi connectivity index (χ3n) is 6.31. The number of ether oxygens (including phenoxy) is 2. The van der Waals surface area contributed by atoms with Crippen molar-refractivity contribution in [3.8, 4) is 22.6 Å². The fourth-order valence-corrected chi connectivity index (χ4v) is 4.86. The summed E-state index contributed by atoms with van der Waals surface area (Å²) in [5, 5.41) is 0. The number of rotatable bonds is 5. The van der Waals surface area contributed by atoms with E-state index in [1.807, 2.05) is 19.1 Å². The lowest BCUT2D eigenvalue weighted by molar-refractivity contribution is -0.133. The van der Waals surface area contributed by atoms with Gasteiger partial charge in [0.2, 0.25) is 0 Å². The summed E-state index contributed by atoms with van der Waals surface area (Å²) in [5.74, 6) is 0.410. The molecule has 2 aromatic carbocycles. The Morgan fingerprint density at radius 3 is 2.63 bits per heavy atom. The number of guanidine groups is 1. The lowest BCUT2D eigenvalue weighted by atomic mass is 9.74. The molecule has 1 aromatic heterocycles. The summed E-state index contributed by atoms with van der Waals surface area (Å²) >= 11 is 0. The molecule has 8 nitrogen and oxygen atoms in total. The van der Waals surface area contributed by atoms with E-state index in [4.69, 9.17) is 10.5 Å². The number of fused-ring (bicyclic) bond motifs is 2. The average Bonchev–Trinajstić information content (AvgIpc) is 3.02. The predicted octanol–water partition coefficient (Wildman–Crippen LogP) is 3.51. The molecule has 0 fully saturated rings. The lowest BCUT2D eigenvalue weighted by Gasteiger charge is -2.43. The highest BCUT2D eigenvalue weighted by Crippen LogP contribution is 2.50. The summed E-state index contributed by atoms with van der Waals surface area (Å²) in [4.78, 5) is 27.7. The number of carbonyl (C=O) groups is 1. The Labute approximate surface area is 200 Å². The van der Waals surface area contributed by atoms with Gasteiger partial charge in [-0.1, -0.05) is 18.2 Å². The Hall–Kier alpha value is -4.08. The zero-order valence-corrected chi connectivity index (χ0v) is 19.1. The van der Waals surface area contributed by atoms with Crippen LogP contribution >= 0.6 is 0 Å². The summed E-state index contributed by atoms with van der Waals surface area (Å²) in [6.45, 7) is -1.05. The molecule has 0 bridgehead atoms. The quantitative estimate of drug-likeness (QED) is 0.601. The molecule has 2 aliphatic heterocycles. The number of nitrogens with two attached hydrogens (primary N) is 1. The molecule has 2 atom stereocenters. The number of likely N-dealkylation sites (N-methyl/N-ethyl adjacent to an activating group) is 1. The first-order valence-electron chi connectivity index (χ1n) is 11.0. The largest absolute Gasteiger partial charge is 0.487 e. The van der Waals surface area contributed by atoms with Gasteiger partial charge in [0.15, 0.2) is 11.5 Å². The Bertz CT molecular complexity index is 1320. The number of amides is 1. The molecule has 0 radical (unpaired) electrons. The highest BCUT2D eigenvalue weighted by atomic mass is 19.3. The number of nitrogens with zero attached hydrogens (tertiary/aromatic N) is 4. The fraction of sp³-hybridized carbons (Fsp3) is 0.280. The summed E-state index contributed by atoms with van der Waals surface area (Å²) in [5.41, 5.74) is 6.83. The van der Waals surface area contributed by atoms with Crippen LogP contribution in [0.1, 0.15) is 24.5 Å². The predicted molar refractivity (Wildman–Crippen MR) is 124 cm³/mol. The van der Waals surface area contributed by atoms with E-state index in [-0.39, 0.29) is 24.0 Å². The van der Waals surface area contributed by atoms with Gasteiger partial charge in [-0.25, -0.2) is 15.0 Å². The second kappa shape index (κ2) is 8.30. The number of carbonyl (C=O) groups excluding carboxylic acids is 1. The molecule has 5 rings (SSSR count). The van der Waals surface area contributed by atoms with Crippen LogP contribution in [0.3, 0.4) is 0 Å². The second-order valence-corrected chi connectivity index (χ2v) is 8.96. The van der Waals surface area contributed by atoms with Gasteiger partial charge in [-0.2, -0.15) is 8.78 Å². The van der Waals surface area contributed by atoms with Crippen molar-refractivity contribution < 1.29 is 23.0 Å². The van der Waals surface area contributed by atoms with Gasteiger partial charge >= 0.3 is 6.61 Å². The first-order valence-corrected chi connectivity index (χ1v) is 11.0. The van der Waals surface area contributed by atoms with Gasteiger partial charge in [-0.05, 0) is 42.3 Å². The van der Waals surface area contributed by atoms with Gasteiger partial charge in [-0.15, -0.1) is 0 Å². The molecule has 35 heavy (non-hydrogen) atoms. The van der Waals surface area contributed by atoms with E-state index >= 15 is 0 Å². The zero-order chi connectivity index (χ0) is 24.8. The fourth-order valence-electron chi connectivity index (χ4n) is 4.86. The standard InChI is InChI=1S/C25H23F2N5O3/c1-24(10-15-4-3-5-18(8-15)34-22(26)27)13-25(21(33)32(2)23(28)31-25)19-9-16(6-7-20(19)35-24)17-11-29-14-30-12-17/h3-9,11-12,14,22H,10,13H2,1-2H3,(H2,28,31). The molecule has 0 saturated heterocycles. The normalized spacial score (nSPS) is 23.3. The van der Waals surface area contributed by atoms with Crippen molar-refractivity contribution in [2.45, 2.75) is 37.5 Å². The second-order valence-electron chi connectivity index (χ2n) is 8.96. The number of alkyl halides is 2. The molecule has 180 valence electrons. The van der Waals surface area contributed by atoms with Crippen LogP contribution in [0, 0.1) is 0 Å². The van der Waals surface area contributed by atoms with Crippen molar-refractivity contribution in [3.05, 3.63) is 72.3 Å². The van der Waals surface area contributed by atoms with Crippen LogP contribution in [0.25, 0.3) is 11.1 Å². The van der Waals surface area contributed by atoms with Crippen LogP contribution in [0.15, 0.2) is 66.2 Å². The number of benzene rings is 2. The van der Waals surface area contributed by atoms with Gasteiger partial charge < -0.3 is 15.2 Å². The molecule has 3 heterocycles. The molecule has 1 amide bonds. The molecule has 0 aliphatic carbocycles.